The third-order valence-electron chi connectivity index (χ3n) is 5.17. The number of halogens is 3. The minimum atomic E-state index is -4.40. The topological polar surface area (TPSA) is 33.3 Å². The van der Waals surface area contributed by atoms with Crippen LogP contribution in [-0.4, -0.2) is 19.6 Å². The Morgan fingerprint density at radius 2 is 1.76 bits per heavy atom. The number of hydrogen-bond acceptors (Lipinski definition) is 3. The number of rotatable bonds is 10. The van der Waals surface area contributed by atoms with E-state index >= 15 is 0 Å². The van der Waals surface area contributed by atoms with Gasteiger partial charge in [-0.1, -0.05) is 37.6 Å². The van der Waals surface area contributed by atoms with E-state index in [9.17, 15) is 13.2 Å². The summed E-state index contributed by atoms with van der Waals surface area (Å²) in [6.45, 7) is 5.51. The molecule has 0 spiro atoms. The third kappa shape index (κ3) is 6.75. The summed E-state index contributed by atoms with van der Waals surface area (Å²) in [7, 11) is 0. The molecule has 0 unspecified atom stereocenters. The zero-order valence-electron chi connectivity index (χ0n) is 16.8. The number of alkyl halides is 3. The van der Waals surface area contributed by atoms with Crippen LogP contribution in [0, 0.1) is 5.92 Å². The van der Waals surface area contributed by atoms with E-state index in [2.05, 4.69) is 29.7 Å². The van der Waals surface area contributed by atoms with Gasteiger partial charge in [-0.15, -0.1) is 0 Å². The quantitative estimate of drug-likeness (QED) is 0.587. The number of nitrogens with one attached hydrogen (secondary N) is 2. The fourth-order valence-corrected chi connectivity index (χ4v) is 3.27. The van der Waals surface area contributed by atoms with Crippen LogP contribution in [0.15, 0.2) is 42.5 Å². The highest BCUT2D eigenvalue weighted by atomic mass is 19.4. The highest BCUT2D eigenvalue weighted by molar-refractivity contribution is 5.36. The molecule has 0 atom stereocenters. The summed E-state index contributed by atoms with van der Waals surface area (Å²) in [5.41, 5.74) is 2.12. The van der Waals surface area contributed by atoms with E-state index in [1.165, 1.54) is 11.6 Å². The number of hydrogen-bond donors (Lipinski definition) is 2. The Morgan fingerprint density at radius 1 is 1.03 bits per heavy atom. The molecule has 1 saturated heterocycles. The van der Waals surface area contributed by atoms with Crippen LogP contribution in [-0.2, 0) is 25.7 Å². The lowest BCUT2D eigenvalue weighted by atomic mass is 10.0. The Kier molecular flexibility index (Phi) is 7.56. The molecule has 0 radical (unpaired) electrons. The summed E-state index contributed by atoms with van der Waals surface area (Å²) in [6.07, 6.45) is -1.06. The zero-order chi connectivity index (χ0) is 20.7. The summed E-state index contributed by atoms with van der Waals surface area (Å²) < 4.78 is 45.6. The van der Waals surface area contributed by atoms with Gasteiger partial charge in [-0.05, 0) is 53.6 Å². The maximum atomic E-state index is 13.3. The van der Waals surface area contributed by atoms with Gasteiger partial charge in [0.1, 0.15) is 12.4 Å². The summed E-state index contributed by atoms with van der Waals surface area (Å²) in [5.74, 6) is 0.800. The van der Waals surface area contributed by atoms with Crippen LogP contribution < -0.4 is 15.4 Å². The second-order valence-electron chi connectivity index (χ2n) is 7.73. The smallest absolute Gasteiger partial charge is 0.416 e. The molecule has 2 N–H and O–H groups in total. The molecule has 158 valence electrons. The molecule has 1 fully saturated rings. The SMILES string of the molecule is CCCCc1ccc(COc2cc(CNCC3CNC3)cc(C(F)(F)F)c2)cc1. The molecule has 0 bridgehead atoms. The number of aryl methyl sites for hydroxylation is 1. The van der Waals surface area contributed by atoms with Gasteiger partial charge >= 0.3 is 6.18 Å². The summed E-state index contributed by atoms with van der Waals surface area (Å²) in [4.78, 5) is 0. The molecule has 1 heterocycles. The molecule has 1 aliphatic rings. The minimum absolute atomic E-state index is 0.246. The summed E-state index contributed by atoms with van der Waals surface area (Å²) in [5, 5.41) is 6.43. The van der Waals surface area contributed by atoms with Gasteiger partial charge in [0, 0.05) is 26.2 Å². The van der Waals surface area contributed by atoms with Crippen LogP contribution in [0.4, 0.5) is 13.2 Å². The molecular weight excluding hydrogens is 377 g/mol. The molecule has 2 aromatic carbocycles. The van der Waals surface area contributed by atoms with Gasteiger partial charge in [-0.25, -0.2) is 0 Å². The Hall–Kier alpha value is -2.05. The van der Waals surface area contributed by atoms with Crippen LogP contribution in [0.2, 0.25) is 0 Å². The van der Waals surface area contributed by atoms with E-state index in [1.54, 1.807) is 6.07 Å². The first-order valence-corrected chi connectivity index (χ1v) is 10.3. The van der Waals surface area contributed by atoms with Crippen molar-refractivity contribution < 1.29 is 17.9 Å². The van der Waals surface area contributed by atoms with Crippen LogP contribution in [0.25, 0.3) is 0 Å². The summed E-state index contributed by atoms with van der Waals surface area (Å²) in [6, 6.07) is 12.0. The fourth-order valence-electron chi connectivity index (χ4n) is 3.27. The van der Waals surface area contributed by atoms with E-state index in [1.807, 2.05) is 12.1 Å². The predicted octanol–water partition coefficient (Wildman–Crippen LogP) is 4.94. The molecule has 3 rings (SSSR count). The lowest BCUT2D eigenvalue weighted by molar-refractivity contribution is -0.137. The predicted molar refractivity (Wildman–Crippen MR) is 109 cm³/mol. The molecule has 0 saturated carbocycles. The largest absolute Gasteiger partial charge is 0.489 e. The van der Waals surface area contributed by atoms with E-state index in [0.29, 0.717) is 18.0 Å². The van der Waals surface area contributed by atoms with E-state index in [4.69, 9.17) is 4.74 Å². The monoisotopic (exact) mass is 406 g/mol. The Labute approximate surface area is 170 Å². The highest BCUT2D eigenvalue weighted by Crippen LogP contribution is 2.33. The van der Waals surface area contributed by atoms with Crippen molar-refractivity contribution in [1.82, 2.24) is 10.6 Å². The number of unbranched alkanes of at least 4 members (excludes halogenated alkanes) is 1. The average Bonchev–Trinajstić information content (AvgIpc) is 2.66. The second-order valence-corrected chi connectivity index (χ2v) is 7.73. The maximum Gasteiger partial charge on any atom is 0.416 e. The van der Waals surface area contributed by atoms with Crippen LogP contribution >= 0.6 is 0 Å². The standard InChI is InChI=1S/C23H29F3N2O/c1-2-3-4-17-5-7-18(8-6-17)16-29-22-10-19(9-21(11-22)23(24,25)26)12-27-13-20-14-28-15-20/h5-11,20,27-28H,2-4,12-16H2,1H3. The van der Waals surface area contributed by atoms with Gasteiger partial charge in [0.15, 0.2) is 0 Å². The van der Waals surface area contributed by atoms with Crippen molar-refractivity contribution >= 4 is 0 Å². The molecule has 0 amide bonds. The number of ether oxygens (including phenoxy) is 1. The van der Waals surface area contributed by atoms with E-state index in [-0.39, 0.29) is 12.4 Å². The van der Waals surface area contributed by atoms with E-state index < -0.39 is 11.7 Å². The molecule has 29 heavy (non-hydrogen) atoms. The highest BCUT2D eigenvalue weighted by Gasteiger charge is 2.31. The molecule has 1 aliphatic heterocycles. The molecule has 0 aromatic heterocycles. The van der Waals surface area contributed by atoms with Crippen molar-refractivity contribution in [2.75, 3.05) is 19.6 Å². The molecular formula is C23H29F3N2O. The van der Waals surface area contributed by atoms with Crippen molar-refractivity contribution in [3.63, 3.8) is 0 Å². The zero-order valence-corrected chi connectivity index (χ0v) is 16.8. The Morgan fingerprint density at radius 3 is 2.38 bits per heavy atom. The van der Waals surface area contributed by atoms with Gasteiger partial charge in [-0.2, -0.15) is 13.2 Å². The normalized spacial score (nSPS) is 14.6. The molecule has 3 nitrogen and oxygen atoms in total. The Bertz CT molecular complexity index is 771. The molecule has 0 aliphatic carbocycles. The van der Waals surface area contributed by atoms with Crippen molar-refractivity contribution in [3.8, 4) is 5.75 Å². The van der Waals surface area contributed by atoms with Gasteiger partial charge in [0.25, 0.3) is 0 Å². The van der Waals surface area contributed by atoms with Crippen molar-refractivity contribution in [1.29, 1.82) is 0 Å². The first-order chi connectivity index (χ1) is 13.9. The van der Waals surface area contributed by atoms with Crippen molar-refractivity contribution in [3.05, 3.63) is 64.7 Å². The van der Waals surface area contributed by atoms with Gasteiger partial charge in [0.2, 0.25) is 0 Å². The van der Waals surface area contributed by atoms with Gasteiger partial charge in [0.05, 0.1) is 5.56 Å². The van der Waals surface area contributed by atoms with Crippen LogP contribution in [0.5, 0.6) is 5.75 Å². The fraction of sp³-hybridized carbons (Fsp3) is 0.478. The molecule has 2 aromatic rings. The van der Waals surface area contributed by atoms with Gasteiger partial charge in [-0.3, -0.25) is 0 Å². The number of benzene rings is 2. The first kappa shape index (κ1) is 21.7. The van der Waals surface area contributed by atoms with Crippen molar-refractivity contribution in [2.45, 2.75) is 45.5 Å². The second kappa shape index (κ2) is 10.1. The lowest BCUT2D eigenvalue weighted by Crippen LogP contribution is -2.47. The minimum Gasteiger partial charge on any atom is -0.489 e. The van der Waals surface area contributed by atoms with Crippen molar-refractivity contribution in [2.24, 2.45) is 5.92 Å². The third-order valence-corrected chi connectivity index (χ3v) is 5.17. The molecule has 6 heteroatoms. The van der Waals surface area contributed by atoms with Crippen LogP contribution in [0.3, 0.4) is 0 Å². The first-order valence-electron chi connectivity index (χ1n) is 10.3. The maximum absolute atomic E-state index is 13.3. The lowest BCUT2D eigenvalue weighted by Gasteiger charge is -2.27. The van der Waals surface area contributed by atoms with Gasteiger partial charge < -0.3 is 15.4 Å². The van der Waals surface area contributed by atoms with Crippen LogP contribution in [0.1, 0.15) is 42.0 Å². The summed E-state index contributed by atoms with van der Waals surface area (Å²) >= 11 is 0. The average molecular weight is 406 g/mol. The Balaban J connectivity index is 1.62. The van der Waals surface area contributed by atoms with E-state index in [0.717, 1.165) is 50.5 Å².